The second-order valence-electron chi connectivity index (χ2n) is 7.90. The number of rotatable bonds is 4. The van der Waals surface area contributed by atoms with Gasteiger partial charge in [-0.1, -0.05) is 36.4 Å². The highest BCUT2D eigenvalue weighted by Gasteiger charge is 2.15. The molecule has 0 spiro atoms. The van der Waals surface area contributed by atoms with Gasteiger partial charge in [-0.2, -0.15) is 5.10 Å². The third-order valence-electron chi connectivity index (χ3n) is 5.55. The van der Waals surface area contributed by atoms with Crippen LogP contribution >= 0.6 is 0 Å². The summed E-state index contributed by atoms with van der Waals surface area (Å²) in [7, 11) is 0. The molecule has 0 unspecified atom stereocenters. The maximum absolute atomic E-state index is 13.9. The molecule has 5 rings (SSSR count). The summed E-state index contributed by atoms with van der Waals surface area (Å²) < 4.78 is 13.9. The van der Waals surface area contributed by atoms with Crippen molar-refractivity contribution < 1.29 is 9.18 Å². The van der Waals surface area contributed by atoms with Crippen molar-refractivity contribution in [1.29, 1.82) is 0 Å². The molecule has 5 N–H and O–H groups in total. The standard InChI is InChI=1S/C26H21FN6O/c1-15-4-11-21(27)22(13-15)31-26(34)30-18-7-5-16(6-8-18)19-9-10-20(17-3-2-12-29-14-17)24-23(19)25(28)33-32-24/h2-14H,1H3,(H3,28,32,33)(H2,30,31,34). The number of anilines is 3. The summed E-state index contributed by atoms with van der Waals surface area (Å²) in [4.78, 5) is 16.5. The molecule has 34 heavy (non-hydrogen) atoms. The van der Waals surface area contributed by atoms with E-state index in [1.54, 1.807) is 36.7 Å². The van der Waals surface area contributed by atoms with Gasteiger partial charge < -0.3 is 16.4 Å². The van der Waals surface area contributed by atoms with Gasteiger partial charge in [-0.15, -0.1) is 0 Å². The largest absolute Gasteiger partial charge is 0.382 e. The van der Waals surface area contributed by atoms with Gasteiger partial charge >= 0.3 is 6.03 Å². The van der Waals surface area contributed by atoms with Gasteiger partial charge in [-0.25, -0.2) is 9.18 Å². The lowest BCUT2D eigenvalue weighted by Gasteiger charge is -2.11. The first-order valence-corrected chi connectivity index (χ1v) is 10.6. The monoisotopic (exact) mass is 452 g/mol. The highest BCUT2D eigenvalue weighted by molar-refractivity contribution is 6.08. The van der Waals surface area contributed by atoms with E-state index in [0.717, 1.165) is 38.7 Å². The van der Waals surface area contributed by atoms with Gasteiger partial charge in [0.25, 0.3) is 0 Å². The number of aromatic amines is 1. The number of carbonyl (C=O) groups is 1. The van der Waals surface area contributed by atoms with E-state index >= 15 is 0 Å². The van der Waals surface area contributed by atoms with Crippen molar-refractivity contribution in [2.75, 3.05) is 16.4 Å². The Kier molecular flexibility index (Phi) is 5.39. The van der Waals surface area contributed by atoms with E-state index in [1.165, 1.54) is 6.07 Å². The van der Waals surface area contributed by atoms with Crippen LogP contribution in [0.1, 0.15) is 5.56 Å². The van der Waals surface area contributed by atoms with Gasteiger partial charge in [0.1, 0.15) is 5.82 Å². The number of hydrogen-bond acceptors (Lipinski definition) is 4. The summed E-state index contributed by atoms with van der Waals surface area (Å²) in [5, 5.41) is 13.3. The quantitative estimate of drug-likeness (QED) is 0.269. The Morgan fingerprint density at radius 3 is 2.53 bits per heavy atom. The van der Waals surface area contributed by atoms with E-state index in [9.17, 15) is 9.18 Å². The van der Waals surface area contributed by atoms with Crippen molar-refractivity contribution in [2.24, 2.45) is 0 Å². The first-order chi connectivity index (χ1) is 16.5. The van der Waals surface area contributed by atoms with Crippen LogP contribution in [0.5, 0.6) is 0 Å². The third kappa shape index (κ3) is 4.04. The summed E-state index contributed by atoms with van der Waals surface area (Å²) in [6.45, 7) is 1.83. The highest BCUT2D eigenvalue weighted by Crippen LogP contribution is 2.37. The predicted molar refractivity (Wildman–Crippen MR) is 133 cm³/mol. The minimum atomic E-state index is -0.528. The van der Waals surface area contributed by atoms with Crippen LogP contribution in [0.25, 0.3) is 33.2 Å². The van der Waals surface area contributed by atoms with E-state index in [2.05, 4.69) is 25.8 Å². The van der Waals surface area contributed by atoms with Crippen molar-refractivity contribution in [3.63, 3.8) is 0 Å². The number of nitrogens with two attached hydrogens (primary N) is 1. The average molecular weight is 452 g/mol. The summed E-state index contributed by atoms with van der Waals surface area (Å²) >= 11 is 0. The lowest BCUT2D eigenvalue weighted by molar-refractivity contribution is 0.262. The van der Waals surface area contributed by atoms with Gasteiger partial charge in [0, 0.05) is 29.2 Å². The fraction of sp³-hybridized carbons (Fsp3) is 0.0385. The molecule has 3 aromatic carbocycles. The molecule has 2 heterocycles. The SMILES string of the molecule is Cc1ccc(F)c(NC(=O)Nc2ccc(-c3ccc(-c4cccnc4)c4[nH]nc(N)c34)cc2)c1. The molecular weight excluding hydrogens is 431 g/mol. The van der Waals surface area contributed by atoms with E-state index in [1.807, 2.05) is 43.3 Å². The Morgan fingerprint density at radius 1 is 0.971 bits per heavy atom. The van der Waals surface area contributed by atoms with E-state index in [4.69, 9.17) is 5.73 Å². The van der Waals surface area contributed by atoms with E-state index in [0.29, 0.717) is 11.5 Å². The molecule has 8 heteroatoms. The summed E-state index contributed by atoms with van der Waals surface area (Å²) in [5.74, 6) is -0.0925. The fourth-order valence-corrected chi connectivity index (χ4v) is 3.91. The number of pyridine rings is 1. The molecule has 0 aliphatic rings. The summed E-state index contributed by atoms with van der Waals surface area (Å²) in [5.41, 5.74) is 12.3. The van der Waals surface area contributed by atoms with Crippen LogP contribution in [-0.2, 0) is 0 Å². The molecule has 0 aliphatic carbocycles. The van der Waals surface area contributed by atoms with Gasteiger partial charge in [0.2, 0.25) is 0 Å². The molecule has 0 fully saturated rings. The Bertz CT molecular complexity index is 1500. The highest BCUT2D eigenvalue weighted by atomic mass is 19.1. The minimum absolute atomic E-state index is 0.126. The smallest absolute Gasteiger partial charge is 0.323 e. The fourth-order valence-electron chi connectivity index (χ4n) is 3.91. The minimum Gasteiger partial charge on any atom is -0.382 e. The third-order valence-corrected chi connectivity index (χ3v) is 5.55. The molecule has 0 bridgehead atoms. The maximum atomic E-state index is 13.9. The molecule has 2 aromatic heterocycles. The van der Waals surface area contributed by atoms with Crippen LogP contribution in [0.4, 0.5) is 26.4 Å². The molecule has 0 saturated heterocycles. The number of amides is 2. The number of carbonyl (C=O) groups excluding carboxylic acids is 1. The zero-order valence-corrected chi connectivity index (χ0v) is 18.3. The van der Waals surface area contributed by atoms with Crippen LogP contribution in [0.2, 0.25) is 0 Å². The molecule has 0 saturated carbocycles. The molecule has 5 aromatic rings. The Morgan fingerprint density at radius 2 is 1.76 bits per heavy atom. The first kappa shape index (κ1) is 21.1. The first-order valence-electron chi connectivity index (χ1n) is 10.6. The van der Waals surface area contributed by atoms with Crippen LogP contribution in [0.15, 0.2) is 79.1 Å². The molecule has 0 radical (unpaired) electrons. The molecule has 0 atom stereocenters. The van der Waals surface area contributed by atoms with Crippen LogP contribution in [0.3, 0.4) is 0 Å². The number of fused-ring (bicyclic) bond motifs is 1. The number of nitrogens with zero attached hydrogens (tertiary/aromatic N) is 2. The number of halogens is 1. The topological polar surface area (TPSA) is 109 Å². The number of benzene rings is 3. The Balaban J connectivity index is 1.40. The zero-order valence-electron chi connectivity index (χ0n) is 18.3. The molecule has 168 valence electrons. The molecule has 0 aliphatic heterocycles. The maximum Gasteiger partial charge on any atom is 0.323 e. The predicted octanol–water partition coefficient (Wildman–Crippen LogP) is 5.97. The lowest BCUT2D eigenvalue weighted by Crippen LogP contribution is -2.20. The van der Waals surface area contributed by atoms with Crippen LogP contribution in [-0.4, -0.2) is 21.2 Å². The van der Waals surface area contributed by atoms with E-state index in [-0.39, 0.29) is 5.69 Å². The number of nitrogens with one attached hydrogen (secondary N) is 3. The van der Waals surface area contributed by atoms with Gasteiger partial charge in [0.15, 0.2) is 5.82 Å². The van der Waals surface area contributed by atoms with Crippen LogP contribution in [0, 0.1) is 12.7 Å². The Labute approximate surface area is 194 Å². The summed E-state index contributed by atoms with van der Waals surface area (Å²) in [6, 6.07) is 19.2. The second-order valence-corrected chi connectivity index (χ2v) is 7.90. The average Bonchev–Trinajstić information content (AvgIpc) is 3.24. The van der Waals surface area contributed by atoms with Crippen molar-refractivity contribution in [3.05, 3.63) is 90.5 Å². The zero-order chi connectivity index (χ0) is 23.7. The Hall–Kier alpha value is -4.72. The number of aryl methyl sites for hydroxylation is 1. The normalized spacial score (nSPS) is 10.9. The number of nitrogen functional groups attached to an aromatic ring is 1. The number of hydrogen-bond donors (Lipinski definition) is 4. The van der Waals surface area contributed by atoms with Crippen molar-refractivity contribution >= 4 is 34.1 Å². The van der Waals surface area contributed by atoms with Gasteiger partial charge in [-0.3, -0.25) is 10.1 Å². The lowest BCUT2D eigenvalue weighted by atomic mass is 9.96. The molecular formula is C26H21FN6O. The van der Waals surface area contributed by atoms with Crippen molar-refractivity contribution in [1.82, 2.24) is 15.2 Å². The van der Waals surface area contributed by atoms with Crippen LogP contribution < -0.4 is 16.4 Å². The summed E-state index contributed by atoms with van der Waals surface area (Å²) in [6.07, 6.45) is 3.52. The number of aromatic nitrogens is 3. The number of urea groups is 1. The van der Waals surface area contributed by atoms with Crippen molar-refractivity contribution in [2.45, 2.75) is 6.92 Å². The van der Waals surface area contributed by atoms with Crippen molar-refractivity contribution in [3.8, 4) is 22.3 Å². The van der Waals surface area contributed by atoms with Gasteiger partial charge in [-0.05, 0) is 53.9 Å². The second kappa shape index (κ2) is 8.67. The van der Waals surface area contributed by atoms with E-state index < -0.39 is 11.8 Å². The molecule has 2 amide bonds. The number of H-pyrrole nitrogens is 1. The molecule has 7 nitrogen and oxygen atoms in total. The van der Waals surface area contributed by atoms with Gasteiger partial charge in [0.05, 0.1) is 16.6 Å².